The number of rotatable bonds is 2. The Bertz CT molecular complexity index is 688. The Morgan fingerprint density at radius 2 is 1.80 bits per heavy atom. The van der Waals surface area contributed by atoms with Gasteiger partial charge in [0.15, 0.2) is 0 Å². The van der Waals surface area contributed by atoms with Crippen LogP contribution in [-0.4, -0.2) is 11.0 Å². The first-order valence-corrected chi connectivity index (χ1v) is 6.55. The maximum atomic E-state index is 12.0. The summed E-state index contributed by atoms with van der Waals surface area (Å²) < 4.78 is 1.46. The fraction of sp³-hybridized carbons (Fsp3) is 0. The van der Waals surface area contributed by atoms with E-state index in [1.54, 1.807) is 12.1 Å². The molecule has 3 rings (SSSR count). The second-order valence-corrected chi connectivity index (χ2v) is 5.07. The van der Waals surface area contributed by atoms with E-state index in [1.807, 2.05) is 24.3 Å². The highest BCUT2D eigenvalue weighted by molar-refractivity contribution is 8.01. The molecule has 0 atom stereocenters. The lowest BCUT2D eigenvalue weighted by atomic mass is 10.3. The average Bonchev–Trinajstić information content (AvgIpc) is 2.46. The van der Waals surface area contributed by atoms with Crippen LogP contribution in [0.1, 0.15) is 0 Å². The number of anilines is 2. The zero-order valence-corrected chi connectivity index (χ0v) is 11.0. The van der Waals surface area contributed by atoms with Gasteiger partial charge in [-0.25, -0.2) is 9.10 Å². The van der Waals surface area contributed by atoms with Crippen LogP contribution in [-0.2, 0) is 0 Å². The smallest absolute Gasteiger partial charge is 0.306 e. The summed E-state index contributed by atoms with van der Waals surface area (Å²) in [6.07, 6.45) is 0. The van der Waals surface area contributed by atoms with Crippen molar-refractivity contribution < 1.29 is 9.72 Å². The number of nitrogens with one attached hydrogen (secondary N) is 1. The monoisotopic (exact) mass is 287 g/mol. The molecule has 100 valence electrons. The maximum Gasteiger partial charge on any atom is 0.336 e. The SMILES string of the molecule is O=C1Nc2ccccc2SN1c1ccc([N+](=O)[O-])cc1. The molecule has 0 aliphatic carbocycles. The van der Waals surface area contributed by atoms with Gasteiger partial charge in [0.1, 0.15) is 0 Å². The number of carbonyl (C=O) groups excluding carboxylic acids is 1. The first-order chi connectivity index (χ1) is 9.65. The van der Waals surface area contributed by atoms with Gasteiger partial charge in [-0.3, -0.25) is 10.1 Å². The Kier molecular flexibility index (Phi) is 3.03. The van der Waals surface area contributed by atoms with Crippen molar-refractivity contribution in [3.8, 4) is 0 Å². The summed E-state index contributed by atoms with van der Waals surface area (Å²) in [5.74, 6) is 0. The third-order valence-electron chi connectivity index (χ3n) is 2.80. The van der Waals surface area contributed by atoms with Gasteiger partial charge < -0.3 is 5.32 Å². The zero-order chi connectivity index (χ0) is 14.1. The van der Waals surface area contributed by atoms with Gasteiger partial charge in [0.2, 0.25) is 0 Å². The molecule has 0 saturated carbocycles. The van der Waals surface area contributed by atoms with Crippen molar-refractivity contribution in [3.63, 3.8) is 0 Å². The molecule has 1 aliphatic heterocycles. The predicted octanol–water partition coefficient (Wildman–Crippen LogP) is 3.65. The third-order valence-corrected chi connectivity index (χ3v) is 3.91. The molecule has 1 aliphatic rings. The molecule has 1 heterocycles. The van der Waals surface area contributed by atoms with E-state index in [0.717, 1.165) is 10.6 Å². The first kappa shape index (κ1) is 12.5. The lowest BCUT2D eigenvalue weighted by Crippen LogP contribution is -2.32. The second kappa shape index (κ2) is 4.86. The molecule has 0 bridgehead atoms. The Morgan fingerprint density at radius 3 is 2.50 bits per heavy atom. The fourth-order valence-corrected chi connectivity index (χ4v) is 2.74. The van der Waals surface area contributed by atoms with Crippen molar-refractivity contribution in [1.29, 1.82) is 0 Å². The van der Waals surface area contributed by atoms with Crippen LogP contribution in [0, 0.1) is 10.1 Å². The summed E-state index contributed by atoms with van der Waals surface area (Å²) in [5, 5.41) is 13.4. The normalized spacial score (nSPS) is 13.6. The summed E-state index contributed by atoms with van der Waals surface area (Å²) in [5.41, 5.74) is 1.35. The molecule has 0 saturated heterocycles. The number of nitro groups is 1. The van der Waals surface area contributed by atoms with Crippen molar-refractivity contribution in [2.24, 2.45) is 0 Å². The number of urea groups is 1. The summed E-state index contributed by atoms with van der Waals surface area (Å²) in [6.45, 7) is 0. The highest BCUT2D eigenvalue weighted by Gasteiger charge is 2.25. The van der Waals surface area contributed by atoms with Crippen molar-refractivity contribution in [1.82, 2.24) is 0 Å². The molecule has 2 aromatic rings. The van der Waals surface area contributed by atoms with Crippen LogP contribution in [0.3, 0.4) is 0 Å². The molecule has 0 spiro atoms. The molecule has 2 aromatic carbocycles. The van der Waals surface area contributed by atoms with E-state index in [2.05, 4.69) is 5.32 Å². The number of non-ortho nitro benzene ring substituents is 1. The fourth-order valence-electron chi connectivity index (χ4n) is 1.83. The Hall–Kier alpha value is -2.54. The van der Waals surface area contributed by atoms with Crippen molar-refractivity contribution in [2.75, 3.05) is 9.62 Å². The molecule has 0 unspecified atom stereocenters. The highest BCUT2D eigenvalue weighted by Crippen LogP contribution is 2.38. The molecule has 20 heavy (non-hydrogen) atoms. The van der Waals surface area contributed by atoms with Gasteiger partial charge in [-0.1, -0.05) is 12.1 Å². The quantitative estimate of drug-likeness (QED) is 0.519. The van der Waals surface area contributed by atoms with Gasteiger partial charge in [0, 0.05) is 12.1 Å². The average molecular weight is 287 g/mol. The molecular weight excluding hydrogens is 278 g/mol. The van der Waals surface area contributed by atoms with E-state index in [4.69, 9.17) is 0 Å². The number of carbonyl (C=O) groups is 1. The number of para-hydroxylation sites is 1. The topological polar surface area (TPSA) is 75.5 Å². The molecule has 0 aromatic heterocycles. The van der Waals surface area contributed by atoms with Crippen molar-refractivity contribution in [2.45, 2.75) is 4.90 Å². The number of nitro benzene ring substituents is 1. The van der Waals surface area contributed by atoms with E-state index in [1.165, 1.54) is 28.4 Å². The van der Waals surface area contributed by atoms with Crippen LogP contribution < -0.4 is 9.62 Å². The predicted molar refractivity (Wildman–Crippen MR) is 76.9 cm³/mol. The first-order valence-electron chi connectivity index (χ1n) is 5.78. The molecule has 0 fully saturated rings. The summed E-state index contributed by atoms with van der Waals surface area (Å²) in [7, 11) is 0. The Balaban J connectivity index is 1.91. The zero-order valence-electron chi connectivity index (χ0n) is 10.1. The third kappa shape index (κ3) is 2.19. The number of hydrogen-bond acceptors (Lipinski definition) is 4. The second-order valence-electron chi connectivity index (χ2n) is 4.09. The molecule has 1 N–H and O–H groups in total. The Morgan fingerprint density at radius 1 is 1.10 bits per heavy atom. The van der Waals surface area contributed by atoms with Crippen LogP contribution in [0.25, 0.3) is 0 Å². The van der Waals surface area contributed by atoms with Crippen LogP contribution in [0.2, 0.25) is 0 Å². The minimum Gasteiger partial charge on any atom is -0.306 e. The lowest BCUT2D eigenvalue weighted by Gasteiger charge is -2.27. The summed E-state index contributed by atoms with van der Waals surface area (Å²) >= 11 is 1.28. The lowest BCUT2D eigenvalue weighted by molar-refractivity contribution is -0.384. The van der Waals surface area contributed by atoms with E-state index in [-0.39, 0.29) is 11.7 Å². The maximum absolute atomic E-state index is 12.0. The van der Waals surface area contributed by atoms with Gasteiger partial charge in [0.25, 0.3) is 5.69 Å². The number of benzene rings is 2. The summed E-state index contributed by atoms with van der Waals surface area (Å²) in [4.78, 5) is 23.1. The molecular formula is C13H9N3O3S. The molecule has 0 radical (unpaired) electrons. The molecule has 6 nitrogen and oxygen atoms in total. The van der Waals surface area contributed by atoms with E-state index in [9.17, 15) is 14.9 Å². The van der Waals surface area contributed by atoms with Crippen LogP contribution in [0.4, 0.5) is 21.9 Å². The number of amides is 2. The van der Waals surface area contributed by atoms with E-state index in [0.29, 0.717) is 5.69 Å². The van der Waals surface area contributed by atoms with Crippen molar-refractivity contribution >= 4 is 35.0 Å². The van der Waals surface area contributed by atoms with E-state index < -0.39 is 4.92 Å². The van der Waals surface area contributed by atoms with Gasteiger partial charge in [-0.05, 0) is 36.2 Å². The number of fused-ring (bicyclic) bond motifs is 1. The van der Waals surface area contributed by atoms with Gasteiger partial charge in [-0.2, -0.15) is 0 Å². The van der Waals surface area contributed by atoms with Crippen LogP contribution >= 0.6 is 11.9 Å². The molecule has 2 amide bonds. The number of hydrogen-bond donors (Lipinski definition) is 1. The highest BCUT2D eigenvalue weighted by atomic mass is 32.2. The Labute approximate surface area is 118 Å². The molecule has 7 heteroatoms. The van der Waals surface area contributed by atoms with Crippen LogP contribution in [0.5, 0.6) is 0 Å². The van der Waals surface area contributed by atoms with Crippen molar-refractivity contribution in [3.05, 3.63) is 58.6 Å². The standard InChI is InChI=1S/C13H9N3O3S/c17-13-14-11-3-1-2-4-12(11)20-15(13)9-5-7-10(8-6-9)16(18)19/h1-8H,(H,14,17). The van der Waals surface area contributed by atoms with Crippen LogP contribution in [0.15, 0.2) is 53.4 Å². The van der Waals surface area contributed by atoms with E-state index >= 15 is 0 Å². The summed E-state index contributed by atoms with van der Waals surface area (Å²) in [6, 6.07) is 13.1. The van der Waals surface area contributed by atoms with Gasteiger partial charge in [0.05, 0.1) is 21.2 Å². The minimum absolute atomic E-state index is 0.00318. The minimum atomic E-state index is -0.470. The van der Waals surface area contributed by atoms with Gasteiger partial charge >= 0.3 is 6.03 Å². The largest absolute Gasteiger partial charge is 0.336 e. The number of nitrogens with zero attached hydrogens (tertiary/aromatic N) is 2. The van der Waals surface area contributed by atoms with Gasteiger partial charge in [-0.15, -0.1) is 0 Å².